The second kappa shape index (κ2) is 16.5. The Hall–Kier alpha value is -0.970. The highest BCUT2D eigenvalue weighted by Crippen LogP contribution is 2.01. The molecule has 0 radical (unpaired) electrons. The molecule has 0 saturated heterocycles. The molecule has 0 fully saturated rings. The molecule has 0 bridgehead atoms. The van der Waals surface area contributed by atoms with Crippen LogP contribution in [0.25, 0.3) is 0 Å². The van der Waals surface area contributed by atoms with E-state index in [1.165, 1.54) is 12.8 Å². The van der Waals surface area contributed by atoms with E-state index in [9.17, 15) is 4.79 Å². The largest absolute Gasteiger partial charge is 0.345 e. The van der Waals surface area contributed by atoms with Gasteiger partial charge in [0.05, 0.1) is 6.54 Å². The van der Waals surface area contributed by atoms with Gasteiger partial charge in [0, 0.05) is 14.3 Å². The van der Waals surface area contributed by atoms with Gasteiger partial charge in [-0.15, -0.1) is 5.92 Å². The van der Waals surface area contributed by atoms with E-state index in [0.717, 1.165) is 19.3 Å². The van der Waals surface area contributed by atoms with E-state index in [-0.39, 0.29) is 7.33 Å². The summed E-state index contributed by atoms with van der Waals surface area (Å²) in [5.74, 6) is 5.93. The van der Waals surface area contributed by atoms with Crippen molar-refractivity contribution >= 4 is 5.91 Å². The van der Waals surface area contributed by atoms with Crippen LogP contribution >= 0.6 is 0 Å². The molecule has 1 amide bonds. The first-order valence-corrected chi connectivity index (χ1v) is 6.53. The van der Waals surface area contributed by atoms with Gasteiger partial charge in [-0.3, -0.25) is 4.79 Å². The van der Waals surface area contributed by atoms with Gasteiger partial charge in [0.2, 0.25) is 5.91 Å². The fourth-order valence-corrected chi connectivity index (χ4v) is 1.13. The lowest BCUT2D eigenvalue weighted by Crippen LogP contribution is -2.23. The van der Waals surface area contributed by atoms with E-state index in [0.29, 0.717) is 13.0 Å². The van der Waals surface area contributed by atoms with Gasteiger partial charge in [-0.25, -0.2) is 0 Å². The lowest BCUT2D eigenvalue weighted by Gasteiger charge is -2.00. The minimum Gasteiger partial charge on any atom is -0.345 e. The van der Waals surface area contributed by atoms with Gasteiger partial charge in [-0.2, -0.15) is 0 Å². The molecule has 0 aromatic heterocycles. The molecule has 1 N–H and O–H groups in total. The summed E-state index contributed by atoms with van der Waals surface area (Å²) in [4.78, 5) is 11.2. The molecule has 0 atom stereocenters. The molecule has 0 aromatic rings. The maximum atomic E-state index is 11.2. The Bertz CT molecular complexity index is 206. The SMILES string of the molecule is CC.CCC#CCNC(=O)CCCCCC.[HH]. The van der Waals surface area contributed by atoms with Crippen LogP contribution in [0.2, 0.25) is 0 Å². The summed E-state index contributed by atoms with van der Waals surface area (Å²) < 4.78 is 0. The van der Waals surface area contributed by atoms with Crippen LogP contribution in [0.3, 0.4) is 0 Å². The number of nitrogens with one attached hydrogen (secondary N) is 1. The first-order valence-electron chi connectivity index (χ1n) is 6.53. The van der Waals surface area contributed by atoms with Crippen molar-refractivity contribution in [1.29, 1.82) is 0 Å². The van der Waals surface area contributed by atoms with Crippen molar-refractivity contribution in [2.45, 2.75) is 66.2 Å². The molecule has 2 heteroatoms. The molecular formula is C14H29NO. The fourth-order valence-electron chi connectivity index (χ4n) is 1.13. The zero-order valence-corrected chi connectivity index (χ0v) is 11.4. The monoisotopic (exact) mass is 227 g/mol. The Morgan fingerprint density at radius 2 is 1.81 bits per heavy atom. The van der Waals surface area contributed by atoms with Crippen molar-refractivity contribution in [2.24, 2.45) is 0 Å². The summed E-state index contributed by atoms with van der Waals surface area (Å²) in [6.07, 6.45) is 6.10. The first kappa shape index (κ1) is 17.4. The molecule has 0 aliphatic rings. The van der Waals surface area contributed by atoms with Crippen molar-refractivity contribution in [3.05, 3.63) is 0 Å². The molecule has 0 aliphatic carbocycles. The zero-order valence-electron chi connectivity index (χ0n) is 11.4. The normalized spacial score (nSPS) is 8.25. The number of unbranched alkanes of at least 4 members (excludes halogenated alkanes) is 3. The Kier molecular flexibility index (Phi) is 17.9. The molecule has 0 unspecified atom stereocenters. The van der Waals surface area contributed by atoms with Crippen LogP contribution < -0.4 is 5.32 Å². The summed E-state index contributed by atoms with van der Waals surface area (Å²) in [5, 5.41) is 2.78. The van der Waals surface area contributed by atoms with Gasteiger partial charge >= 0.3 is 0 Å². The number of hydrogen-bond donors (Lipinski definition) is 1. The average molecular weight is 227 g/mol. The zero-order chi connectivity index (χ0) is 12.6. The van der Waals surface area contributed by atoms with Crippen LogP contribution in [-0.2, 0) is 4.79 Å². The van der Waals surface area contributed by atoms with E-state index in [2.05, 4.69) is 24.1 Å². The molecule has 0 aromatic carbocycles. The van der Waals surface area contributed by atoms with Gasteiger partial charge in [-0.1, -0.05) is 52.9 Å². The van der Waals surface area contributed by atoms with Crippen LogP contribution in [0, 0.1) is 11.8 Å². The quantitative estimate of drug-likeness (QED) is 0.543. The van der Waals surface area contributed by atoms with E-state index >= 15 is 0 Å². The molecule has 0 heterocycles. The molecule has 2 nitrogen and oxygen atoms in total. The van der Waals surface area contributed by atoms with E-state index < -0.39 is 0 Å². The highest BCUT2D eigenvalue weighted by molar-refractivity contribution is 5.76. The topological polar surface area (TPSA) is 29.1 Å². The summed E-state index contributed by atoms with van der Waals surface area (Å²) in [6.45, 7) is 8.67. The van der Waals surface area contributed by atoms with Crippen molar-refractivity contribution in [2.75, 3.05) is 6.54 Å². The number of hydrogen-bond acceptors (Lipinski definition) is 1. The molecule has 96 valence electrons. The Balaban J connectivity index is -0.000000616. The molecule has 16 heavy (non-hydrogen) atoms. The lowest BCUT2D eigenvalue weighted by atomic mass is 10.1. The third-order valence-electron chi connectivity index (χ3n) is 1.93. The van der Waals surface area contributed by atoms with Crippen LogP contribution in [0.15, 0.2) is 0 Å². The Morgan fingerprint density at radius 1 is 1.12 bits per heavy atom. The second-order valence-electron chi connectivity index (χ2n) is 3.29. The third kappa shape index (κ3) is 15.5. The minimum absolute atomic E-state index is 0. The van der Waals surface area contributed by atoms with E-state index in [1.54, 1.807) is 0 Å². The predicted molar refractivity (Wildman–Crippen MR) is 73.3 cm³/mol. The second-order valence-corrected chi connectivity index (χ2v) is 3.29. The summed E-state index contributed by atoms with van der Waals surface area (Å²) >= 11 is 0. The standard InChI is InChI=1S/C12H21NO.C2H6.H2/c1-3-5-7-8-10-12(14)13-11-9-6-4-2;1-2;/h3-5,7-8,10-11H2,1-2H3,(H,13,14);1-2H3;1H. The third-order valence-corrected chi connectivity index (χ3v) is 1.93. The highest BCUT2D eigenvalue weighted by atomic mass is 16.1. The van der Waals surface area contributed by atoms with Gasteiger partial charge in [0.25, 0.3) is 0 Å². The number of carbonyl (C=O) groups is 1. The Labute approximate surface area is 103 Å². The number of amides is 1. The summed E-state index contributed by atoms with van der Waals surface area (Å²) in [6, 6.07) is 0. The van der Waals surface area contributed by atoms with Gasteiger partial charge < -0.3 is 5.32 Å². The first-order chi connectivity index (χ1) is 7.81. The smallest absolute Gasteiger partial charge is 0.220 e. The average Bonchev–Trinajstić information content (AvgIpc) is 2.33. The maximum Gasteiger partial charge on any atom is 0.220 e. The maximum absolute atomic E-state index is 11.2. The molecule has 0 saturated carbocycles. The lowest BCUT2D eigenvalue weighted by molar-refractivity contribution is -0.120. The Morgan fingerprint density at radius 3 is 2.38 bits per heavy atom. The van der Waals surface area contributed by atoms with Crippen LogP contribution in [0.1, 0.15) is 67.6 Å². The highest BCUT2D eigenvalue weighted by Gasteiger charge is 1.97. The number of rotatable bonds is 6. The minimum atomic E-state index is 0. The van der Waals surface area contributed by atoms with Crippen LogP contribution in [0.5, 0.6) is 0 Å². The van der Waals surface area contributed by atoms with Crippen LogP contribution in [-0.4, -0.2) is 12.5 Å². The van der Waals surface area contributed by atoms with E-state index in [4.69, 9.17) is 0 Å². The van der Waals surface area contributed by atoms with Crippen LogP contribution in [0.4, 0.5) is 0 Å². The van der Waals surface area contributed by atoms with Crippen molar-refractivity contribution < 1.29 is 6.22 Å². The number of carbonyl (C=O) groups excluding carboxylic acids is 1. The van der Waals surface area contributed by atoms with E-state index in [1.807, 2.05) is 20.8 Å². The summed E-state index contributed by atoms with van der Waals surface area (Å²) in [7, 11) is 0. The van der Waals surface area contributed by atoms with Gasteiger partial charge in [0.15, 0.2) is 0 Å². The predicted octanol–water partition coefficient (Wildman–Crippen LogP) is 3.76. The fraction of sp³-hybridized carbons (Fsp3) is 0.786. The molecular weight excluding hydrogens is 198 g/mol. The van der Waals surface area contributed by atoms with Crippen molar-refractivity contribution in [3.8, 4) is 11.8 Å². The molecule has 0 aliphatic heterocycles. The van der Waals surface area contributed by atoms with Gasteiger partial charge in [-0.05, 0) is 6.42 Å². The van der Waals surface area contributed by atoms with Crippen molar-refractivity contribution in [1.82, 2.24) is 5.32 Å². The molecule has 0 rings (SSSR count). The van der Waals surface area contributed by atoms with Gasteiger partial charge in [0.1, 0.15) is 0 Å². The summed E-state index contributed by atoms with van der Waals surface area (Å²) in [5.41, 5.74) is 0. The van der Waals surface area contributed by atoms with Crippen molar-refractivity contribution in [3.63, 3.8) is 0 Å². The molecule has 0 spiro atoms.